The van der Waals surface area contributed by atoms with Crippen LogP contribution in [0, 0.1) is 5.92 Å². The molecule has 2 aliphatic rings. The van der Waals surface area contributed by atoms with Crippen LogP contribution in [0.5, 0.6) is 0 Å². The molecule has 1 atom stereocenters. The van der Waals surface area contributed by atoms with E-state index >= 15 is 0 Å². The first-order chi connectivity index (χ1) is 9.90. The molecule has 0 aromatic heterocycles. The van der Waals surface area contributed by atoms with E-state index in [1.807, 2.05) is 6.92 Å². The highest BCUT2D eigenvalue weighted by atomic mass is 32.2. The lowest BCUT2D eigenvalue weighted by atomic mass is 9.91. The molecule has 21 heavy (non-hydrogen) atoms. The van der Waals surface area contributed by atoms with E-state index in [0.717, 1.165) is 12.8 Å². The summed E-state index contributed by atoms with van der Waals surface area (Å²) < 4.78 is 26.7. The molecule has 5 nitrogen and oxygen atoms in total. The van der Waals surface area contributed by atoms with Gasteiger partial charge in [-0.1, -0.05) is 31.5 Å². The van der Waals surface area contributed by atoms with Gasteiger partial charge < -0.3 is 5.73 Å². The Bertz CT molecular complexity index is 453. The molecule has 2 rings (SSSR count). The van der Waals surface area contributed by atoms with E-state index in [9.17, 15) is 8.42 Å². The van der Waals surface area contributed by atoms with Crippen LogP contribution in [0.15, 0.2) is 0 Å². The first-order valence-corrected chi connectivity index (χ1v) is 9.93. The predicted octanol–water partition coefficient (Wildman–Crippen LogP) is 1.19. The molecule has 2 N–H and O–H groups in total. The van der Waals surface area contributed by atoms with E-state index in [1.54, 1.807) is 4.31 Å². The predicted molar refractivity (Wildman–Crippen MR) is 89.8 cm³/mol. The molecule has 0 spiro atoms. The summed E-state index contributed by atoms with van der Waals surface area (Å²) in [7, 11) is -3.11. The molecule has 0 aromatic carbocycles. The third-order valence-corrected chi connectivity index (χ3v) is 7.18. The van der Waals surface area contributed by atoms with Crippen molar-refractivity contribution in [1.29, 1.82) is 0 Å². The highest BCUT2D eigenvalue weighted by Gasteiger charge is 2.31. The van der Waals surface area contributed by atoms with Crippen LogP contribution in [0.1, 0.15) is 39.0 Å². The Labute approximate surface area is 133 Å². The smallest absolute Gasteiger partial charge is 0.214 e. The molecule has 0 amide bonds. The third-order valence-electron chi connectivity index (χ3n) is 4.80. The monoisotopic (exact) mass is 333 g/mol. The van der Waals surface area contributed by atoms with E-state index in [1.165, 1.54) is 19.3 Å². The van der Waals surface area contributed by atoms with Crippen molar-refractivity contribution in [3.63, 3.8) is 0 Å². The molecule has 0 bridgehead atoms. The Kier molecular flexibility index (Phi) is 5.99. The molecule has 2 fully saturated rings. The lowest BCUT2D eigenvalue weighted by molar-refractivity contribution is 0.174. The maximum Gasteiger partial charge on any atom is 0.214 e. The van der Waals surface area contributed by atoms with Crippen LogP contribution in [-0.4, -0.2) is 60.6 Å². The quantitative estimate of drug-likeness (QED) is 0.766. The second kappa shape index (κ2) is 7.35. The van der Waals surface area contributed by atoms with Crippen LogP contribution in [0.4, 0.5) is 0 Å². The van der Waals surface area contributed by atoms with Crippen molar-refractivity contribution in [2.45, 2.75) is 45.1 Å². The van der Waals surface area contributed by atoms with Crippen molar-refractivity contribution < 1.29 is 8.42 Å². The van der Waals surface area contributed by atoms with Gasteiger partial charge in [-0.05, 0) is 25.7 Å². The van der Waals surface area contributed by atoms with Gasteiger partial charge in [0.25, 0.3) is 0 Å². The summed E-state index contributed by atoms with van der Waals surface area (Å²) in [5.74, 6) is 0.690. The molecule has 1 heterocycles. The van der Waals surface area contributed by atoms with Crippen LogP contribution in [0.2, 0.25) is 0 Å². The van der Waals surface area contributed by atoms with E-state index in [4.69, 9.17) is 18.0 Å². The largest absolute Gasteiger partial charge is 0.392 e. The van der Waals surface area contributed by atoms with Crippen molar-refractivity contribution in [1.82, 2.24) is 9.21 Å². The molecule has 0 radical (unpaired) electrons. The minimum Gasteiger partial charge on any atom is -0.392 e. The fourth-order valence-electron chi connectivity index (χ4n) is 3.31. The molecule has 0 aromatic rings. The maximum atomic E-state index is 12.5. The molecule has 7 heteroatoms. The molecule has 1 aliphatic carbocycles. The second-order valence-electron chi connectivity index (χ2n) is 6.30. The maximum absolute atomic E-state index is 12.5. The summed E-state index contributed by atoms with van der Waals surface area (Å²) in [5.41, 5.74) is 5.67. The number of hydrogen-bond acceptors (Lipinski definition) is 4. The molecule has 1 saturated carbocycles. The van der Waals surface area contributed by atoms with E-state index in [2.05, 4.69) is 4.90 Å². The van der Waals surface area contributed by atoms with Crippen LogP contribution in [0.3, 0.4) is 0 Å². The zero-order valence-electron chi connectivity index (χ0n) is 12.8. The highest BCUT2D eigenvalue weighted by molar-refractivity contribution is 7.89. The number of hydrogen-bond donors (Lipinski definition) is 1. The van der Waals surface area contributed by atoms with E-state index < -0.39 is 10.0 Å². The summed E-state index contributed by atoms with van der Waals surface area (Å²) in [6.07, 6.45) is 5.75. The van der Waals surface area contributed by atoms with Crippen molar-refractivity contribution in [3.8, 4) is 0 Å². The first kappa shape index (κ1) is 17.1. The Morgan fingerprint density at radius 2 is 1.76 bits per heavy atom. The normalized spacial score (nSPS) is 24.8. The van der Waals surface area contributed by atoms with Crippen molar-refractivity contribution in [3.05, 3.63) is 0 Å². The van der Waals surface area contributed by atoms with Crippen molar-refractivity contribution in [2.75, 3.05) is 31.9 Å². The summed E-state index contributed by atoms with van der Waals surface area (Å²) in [4.78, 5) is 2.64. The molecule has 122 valence electrons. The lowest BCUT2D eigenvalue weighted by Crippen LogP contribution is -2.54. The molecule has 1 saturated heterocycles. The van der Waals surface area contributed by atoms with Gasteiger partial charge in [0, 0.05) is 26.2 Å². The SMILES string of the molecule is CC(C(N)=S)N1CCN(S(=O)(=O)CC2CCCCC2)CC1. The van der Waals surface area contributed by atoms with Gasteiger partial charge in [-0.25, -0.2) is 8.42 Å². The topological polar surface area (TPSA) is 66.6 Å². The molecule has 1 aliphatic heterocycles. The summed E-state index contributed by atoms with van der Waals surface area (Å²) >= 11 is 5.01. The van der Waals surface area contributed by atoms with Crippen LogP contribution >= 0.6 is 12.2 Å². The summed E-state index contributed by atoms with van der Waals surface area (Å²) in [6, 6.07) is 0.0446. The van der Waals surface area contributed by atoms with Gasteiger partial charge in [0.2, 0.25) is 10.0 Å². The minimum absolute atomic E-state index is 0.0446. The molecule has 1 unspecified atom stereocenters. The van der Waals surface area contributed by atoms with Crippen molar-refractivity contribution in [2.24, 2.45) is 11.7 Å². The Morgan fingerprint density at radius 1 is 1.19 bits per heavy atom. The summed E-state index contributed by atoms with van der Waals surface area (Å²) in [5, 5.41) is 0. The van der Waals surface area contributed by atoms with Gasteiger partial charge in [0.1, 0.15) is 0 Å². The van der Waals surface area contributed by atoms with Gasteiger partial charge in [-0.2, -0.15) is 4.31 Å². The lowest BCUT2D eigenvalue weighted by Gasteiger charge is -2.37. The van der Waals surface area contributed by atoms with E-state index in [0.29, 0.717) is 42.8 Å². The Hall–Kier alpha value is -0.240. The van der Waals surface area contributed by atoms with E-state index in [-0.39, 0.29) is 6.04 Å². The van der Waals surface area contributed by atoms with Gasteiger partial charge in [0.05, 0.1) is 16.8 Å². The Morgan fingerprint density at radius 3 is 2.29 bits per heavy atom. The van der Waals surface area contributed by atoms with Crippen LogP contribution in [0.25, 0.3) is 0 Å². The van der Waals surface area contributed by atoms with Crippen LogP contribution < -0.4 is 5.73 Å². The van der Waals surface area contributed by atoms with Gasteiger partial charge in [-0.3, -0.25) is 4.90 Å². The zero-order valence-corrected chi connectivity index (χ0v) is 14.5. The Balaban J connectivity index is 1.86. The number of nitrogens with zero attached hydrogens (tertiary/aromatic N) is 2. The number of piperazine rings is 1. The molecular formula is C14H27N3O2S2. The van der Waals surface area contributed by atoms with Crippen LogP contribution in [-0.2, 0) is 10.0 Å². The number of nitrogens with two attached hydrogens (primary N) is 1. The first-order valence-electron chi connectivity index (χ1n) is 7.91. The summed E-state index contributed by atoms with van der Waals surface area (Å²) in [6.45, 7) is 4.52. The van der Waals surface area contributed by atoms with Crippen molar-refractivity contribution >= 4 is 27.2 Å². The second-order valence-corrected chi connectivity index (χ2v) is 8.78. The highest BCUT2D eigenvalue weighted by Crippen LogP contribution is 2.26. The van der Waals surface area contributed by atoms with Gasteiger partial charge in [0.15, 0.2) is 0 Å². The number of rotatable bonds is 5. The minimum atomic E-state index is -3.11. The average molecular weight is 334 g/mol. The molecular weight excluding hydrogens is 306 g/mol. The van der Waals surface area contributed by atoms with Gasteiger partial charge in [-0.15, -0.1) is 0 Å². The zero-order chi connectivity index (χ0) is 15.5. The number of sulfonamides is 1. The average Bonchev–Trinajstić information content (AvgIpc) is 2.47. The third kappa shape index (κ3) is 4.61. The standard InChI is InChI=1S/C14H27N3O2S2/c1-12(14(15)20)16-7-9-17(10-8-16)21(18,19)11-13-5-3-2-4-6-13/h12-13H,2-11H2,1H3,(H2,15,20). The number of thiocarbonyl (C=S) groups is 1. The fraction of sp³-hybridized carbons (Fsp3) is 0.929. The fourth-order valence-corrected chi connectivity index (χ4v) is 5.31. The van der Waals surface area contributed by atoms with Gasteiger partial charge >= 0.3 is 0 Å².